The molecule has 156 valence electrons. The summed E-state index contributed by atoms with van der Waals surface area (Å²) in [4.78, 5) is 14.2. The summed E-state index contributed by atoms with van der Waals surface area (Å²) >= 11 is 0. The van der Waals surface area contributed by atoms with E-state index in [-0.39, 0.29) is 12.1 Å². The second-order valence-electron chi connectivity index (χ2n) is 7.44. The van der Waals surface area contributed by atoms with Crippen molar-refractivity contribution in [2.45, 2.75) is 79.2 Å². The molecular formula is C18H41NO5Si2. The Morgan fingerprint density at radius 2 is 1.62 bits per heavy atom. The standard InChI is InChI=1S/C18H41NO5Si2/c1-9-17(5)23-26(21-11-3,22-12-4)15-13-14-19(10-2)16-18(20)24-25(6,7)8/h17H,9-16H2,1-8H3. The van der Waals surface area contributed by atoms with Crippen LogP contribution in [0.5, 0.6) is 0 Å². The molecule has 8 heteroatoms. The van der Waals surface area contributed by atoms with Crippen molar-refractivity contribution in [3.05, 3.63) is 0 Å². The molecule has 0 N–H and O–H groups in total. The molecule has 0 amide bonds. The van der Waals surface area contributed by atoms with E-state index in [1.54, 1.807) is 0 Å². The second-order valence-corrected chi connectivity index (χ2v) is 14.6. The summed E-state index contributed by atoms with van der Waals surface area (Å²) in [5.74, 6) is -0.125. The summed E-state index contributed by atoms with van der Waals surface area (Å²) in [6.07, 6.45) is 1.92. The lowest BCUT2D eigenvalue weighted by Gasteiger charge is -2.32. The van der Waals surface area contributed by atoms with Crippen molar-refractivity contribution in [2.24, 2.45) is 0 Å². The van der Waals surface area contributed by atoms with Gasteiger partial charge in [-0.15, -0.1) is 0 Å². The fourth-order valence-corrected chi connectivity index (χ4v) is 6.19. The van der Waals surface area contributed by atoms with Crippen molar-refractivity contribution in [1.29, 1.82) is 0 Å². The maximum atomic E-state index is 12.1. The molecule has 0 bridgehead atoms. The minimum Gasteiger partial charge on any atom is -0.519 e. The van der Waals surface area contributed by atoms with E-state index in [9.17, 15) is 4.79 Å². The summed E-state index contributed by atoms with van der Waals surface area (Å²) in [6, 6.07) is 0.762. The minimum absolute atomic E-state index is 0.119. The molecule has 0 radical (unpaired) electrons. The smallest absolute Gasteiger partial charge is 0.501 e. The average molecular weight is 408 g/mol. The first-order valence-electron chi connectivity index (χ1n) is 10.0. The van der Waals surface area contributed by atoms with Crippen molar-refractivity contribution >= 4 is 23.1 Å². The highest BCUT2D eigenvalue weighted by Gasteiger charge is 2.41. The van der Waals surface area contributed by atoms with E-state index in [0.717, 1.165) is 32.0 Å². The van der Waals surface area contributed by atoms with Crippen LogP contribution in [0, 0.1) is 0 Å². The lowest BCUT2D eigenvalue weighted by atomic mass is 10.3. The van der Waals surface area contributed by atoms with Crippen LogP contribution < -0.4 is 0 Å². The van der Waals surface area contributed by atoms with Crippen LogP contribution in [0.4, 0.5) is 0 Å². The van der Waals surface area contributed by atoms with E-state index in [4.69, 9.17) is 17.7 Å². The molecule has 1 unspecified atom stereocenters. The second kappa shape index (κ2) is 13.0. The number of rotatable bonds is 15. The summed E-state index contributed by atoms with van der Waals surface area (Å²) in [7, 11) is -4.51. The van der Waals surface area contributed by atoms with Gasteiger partial charge >= 0.3 is 14.8 Å². The van der Waals surface area contributed by atoms with Crippen molar-refractivity contribution in [1.82, 2.24) is 4.90 Å². The lowest BCUT2D eigenvalue weighted by Crippen LogP contribution is -2.48. The number of nitrogens with zero attached hydrogens (tertiary/aromatic N) is 1. The highest BCUT2D eigenvalue weighted by atomic mass is 28.4. The Labute approximate surface area is 163 Å². The Balaban J connectivity index is 4.70. The molecule has 0 rings (SSSR count). The normalized spacial score (nSPS) is 13.9. The van der Waals surface area contributed by atoms with Gasteiger partial charge in [0.15, 0.2) is 0 Å². The molecule has 0 saturated heterocycles. The van der Waals surface area contributed by atoms with Crippen LogP contribution in [0.1, 0.15) is 47.5 Å². The molecular weight excluding hydrogens is 366 g/mol. The van der Waals surface area contributed by atoms with E-state index in [1.165, 1.54) is 0 Å². The zero-order valence-corrected chi connectivity index (χ0v) is 20.2. The first kappa shape index (κ1) is 25.7. The minimum atomic E-state index is -2.67. The highest BCUT2D eigenvalue weighted by Crippen LogP contribution is 2.21. The van der Waals surface area contributed by atoms with Crippen molar-refractivity contribution in [3.8, 4) is 0 Å². The number of likely N-dealkylation sites (N-methyl/N-ethyl adjacent to an activating group) is 1. The van der Waals surface area contributed by atoms with E-state index in [1.807, 2.05) is 33.5 Å². The molecule has 0 aliphatic heterocycles. The Kier molecular flexibility index (Phi) is 12.9. The van der Waals surface area contributed by atoms with Crippen LogP contribution in [0.15, 0.2) is 0 Å². The topological polar surface area (TPSA) is 57.2 Å². The van der Waals surface area contributed by atoms with Gasteiger partial charge < -0.3 is 17.7 Å². The molecule has 0 spiro atoms. The number of carbonyl (C=O) groups excluding carboxylic acids is 1. The SMILES string of the molecule is CCO[Si](CCCN(CC)CC(=O)O[Si](C)(C)C)(OCC)OC(C)CC. The zero-order chi connectivity index (χ0) is 20.2. The van der Waals surface area contributed by atoms with Crippen LogP contribution >= 0.6 is 0 Å². The molecule has 0 heterocycles. The van der Waals surface area contributed by atoms with Gasteiger partial charge in [0.1, 0.15) is 0 Å². The molecule has 0 aromatic heterocycles. The van der Waals surface area contributed by atoms with Gasteiger partial charge in [-0.3, -0.25) is 9.69 Å². The third-order valence-electron chi connectivity index (χ3n) is 3.86. The monoisotopic (exact) mass is 407 g/mol. The molecule has 1 atom stereocenters. The summed E-state index contributed by atoms with van der Waals surface area (Å²) < 4.78 is 23.8. The van der Waals surface area contributed by atoms with Gasteiger partial charge in [0.25, 0.3) is 0 Å². The van der Waals surface area contributed by atoms with Gasteiger partial charge in [0.05, 0.1) is 6.54 Å². The van der Waals surface area contributed by atoms with E-state index < -0.39 is 17.1 Å². The molecule has 0 aliphatic carbocycles. The van der Waals surface area contributed by atoms with Crippen LogP contribution in [0.25, 0.3) is 0 Å². The average Bonchev–Trinajstić information content (AvgIpc) is 2.52. The Morgan fingerprint density at radius 3 is 2.04 bits per heavy atom. The number of hydrogen-bond acceptors (Lipinski definition) is 6. The molecule has 0 aliphatic rings. The van der Waals surface area contributed by atoms with Crippen molar-refractivity contribution < 1.29 is 22.5 Å². The van der Waals surface area contributed by atoms with Gasteiger partial charge in [-0.2, -0.15) is 0 Å². The maximum Gasteiger partial charge on any atom is 0.501 e. The summed E-state index contributed by atoms with van der Waals surface area (Å²) in [6.45, 7) is 19.4. The highest BCUT2D eigenvalue weighted by molar-refractivity contribution is 6.71. The Bertz CT molecular complexity index is 384. The van der Waals surface area contributed by atoms with Crippen LogP contribution in [-0.4, -0.2) is 66.9 Å². The maximum absolute atomic E-state index is 12.1. The largest absolute Gasteiger partial charge is 0.519 e. The van der Waals surface area contributed by atoms with Crippen LogP contribution in [0.2, 0.25) is 25.7 Å². The van der Waals surface area contributed by atoms with Crippen LogP contribution in [0.3, 0.4) is 0 Å². The summed E-state index contributed by atoms with van der Waals surface area (Å²) in [5, 5.41) is 0. The molecule has 26 heavy (non-hydrogen) atoms. The van der Waals surface area contributed by atoms with Gasteiger partial charge in [-0.1, -0.05) is 13.8 Å². The summed E-state index contributed by atoms with van der Waals surface area (Å²) in [5.41, 5.74) is 0. The van der Waals surface area contributed by atoms with Crippen LogP contribution in [-0.2, 0) is 22.5 Å². The first-order chi connectivity index (χ1) is 12.1. The molecule has 0 aromatic carbocycles. The van der Waals surface area contributed by atoms with E-state index in [2.05, 4.69) is 25.7 Å². The van der Waals surface area contributed by atoms with E-state index in [0.29, 0.717) is 19.8 Å². The zero-order valence-electron chi connectivity index (χ0n) is 18.2. The number of carbonyl (C=O) groups is 1. The fourth-order valence-electron chi connectivity index (χ4n) is 2.57. The van der Waals surface area contributed by atoms with E-state index >= 15 is 0 Å². The lowest BCUT2D eigenvalue weighted by molar-refractivity contribution is -0.136. The molecule has 6 nitrogen and oxygen atoms in total. The third-order valence-corrected chi connectivity index (χ3v) is 7.89. The first-order valence-corrected chi connectivity index (χ1v) is 15.3. The predicted molar refractivity (Wildman–Crippen MR) is 111 cm³/mol. The van der Waals surface area contributed by atoms with Gasteiger partial charge in [-0.25, -0.2) is 0 Å². The Morgan fingerprint density at radius 1 is 1.04 bits per heavy atom. The quantitative estimate of drug-likeness (QED) is 0.384. The fraction of sp³-hybridized carbons (Fsp3) is 0.944. The van der Waals surface area contributed by atoms with Gasteiger partial charge in [-0.05, 0) is 66.3 Å². The van der Waals surface area contributed by atoms with Crippen molar-refractivity contribution in [2.75, 3.05) is 32.8 Å². The molecule has 0 saturated carbocycles. The van der Waals surface area contributed by atoms with Gasteiger partial charge in [0.2, 0.25) is 8.32 Å². The van der Waals surface area contributed by atoms with Gasteiger partial charge in [0, 0.05) is 25.4 Å². The molecule has 0 aromatic rings. The Hall–Kier alpha value is -0.256. The van der Waals surface area contributed by atoms with Crippen molar-refractivity contribution in [3.63, 3.8) is 0 Å². The third kappa shape index (κ3) is 11.5. The predicted octanol–water partition coefficient (Wildman–Crippen LogP) is 3.90. The molecule has 0 fully saturated rings. The number of hydrogen-bond donors (Lipinski definition) is 0.